The molecule has 8 N–H and O–H groups in total. The minimum Gasteiger partial charge on any atom is -1.00 e. The normalized spacial score (nSPS) is 12.7. The van der Waals surface area contributed by atoms with E-state index in [1.165, 1.54) is 24.3 Å². The molecule has 0 radical (unpaired) electrons. The Morgan fingerprint density at radius 1 is 0.765 bits per heavy atom. The van der Waals surface area contributed by atoms with Crippen LogP contribution in [0, 0.1) is 0 Å². The van der Waals surface area contributed by atoms with Gasteiger partial charge in [0.15, 0.2) is 11.4 Å². The van der Waals surface area contributed by atoms with Crippen molar-refractivity contribution in [2.24, 2.45) is 10.2 Å². The summed E-state index contributed by atoms with van der Waals surface area (Å²) in [5, 5.41) is 16.2. The Kier molecular flexibility index (Phi) is 7.68. The van der Waals surface area contributed by atoms with E-state index >= 15 is 0 Å². The topological polar surface area (TPSA) is 260 Å². The number of benzene rings is 3. The van der Waals surface area contributed by atoms with Crippen LogP contribution in [0.2, 0.25) is 0 Å². The second-order valence-electron chi connectivity index (χ2n) is 6.51. The van der Waals surface area contributed by atoms with Crippen LogP contribution in [0.15, 0.2) is 61.3 Å². The number of nitrogens with two attached hydrogens (primary N) is 2. The summed E-state index contributed by atoms with van der Waals surface area (Å²) in [6.45, 7) is 0. The van der Waals surface area contributed by atoms with Gasteiger partial charge in [-0.1, -0.05) is 0 Å². The van der Waals surface area contributed by atoms with Crippen molar-refractivity contribution in [3.05, 3.63) is 36.4 Å². The Hall–Kier alpha value is -2.35. The summed E-state index contributed by atoms with van der Waals surface area (Å²) in [6.07, 6.45) is 0. The summed E-state index contributed by atoms with van der Waals surface area (Å²) < 4.78 is 100. The third-order valence-corrected chi connectivity index (χ3v) is 7.06. The third-order valence-electron chi connectivity index (χ3n) is 4.24. The number of fused-ring (bicyclic) bond motifs is 1. The molecule has 0 fully saturated rings. The van der Waals surface area contributed by atoms with Gasteiger partial charge in [0.25, 0.3) is 30.4 Å². The number of nitrogens with zero attached hydrogens (tertiary/aromatic N) is 2. The molecule has 3 aromatic rings. The van der Waals surface area contributed by atoms with Crippen LogP contribution >= 0.6 is 0 Å². The van der Waals surface area contributed by atoms with Crippen LogP contribution in [0.3, 0.4) is 0 Å². The maximum absolute atomic E-state index is 12.1. The number of nitrogen functional groups attached to an aromatic ring is 2. The van der Waals surface area contributed by atoms with Crippen molar-refractivity contribution < 1.29 is 75.0 Å². The molecule has 0 amide bonds. The van der Waals surface area contributed by atoms with Gasteiger partial charge in [-0.15, -0.1) is 5.11 Å². The second kappa shape index (κ2) is 9.36. The largest absolute Gasteiger partial charge is 1.00 e. The van der Waals surface area contributed by atoms with E-state index in [0.29, 0.717) is 17.8 Å². The van der Waals surface area contributed by atoms with Gasteiger partial charge in [-0.3, -0.25) is 13.7 Å². The number of hydrogen-bond donors (Lipinski definition) is 6. The third kappa shape index (κ3) is 5.48. The van der Waals surface area contributed by atoms with Crippen molar-refractivity contribution in [3.8, 4) is 5.75 Å². The van der Waals surface area contributed by atoms with Gasteiger partial charge >= 0.3 is 29.6 Å². The zero-order valence-electron chi connectivity index (χ0n) is 18.0. The molecule has 3 aromatic carbocycles. The molecule has 0 spiro atoms. The number of phenolic OH excluding ortho intramolecular Hbond substituents is 1. The van der Waals surface area contributed by atoms with E-state index in [-0.39, 0.29) is 36.7 Å². The molecule has 0 bridgehead atoms. The first-order chi connectivity index (χ1) is 15.0. The molecule has 0 unspecified atom stereocenters. The average molecular weight is 543 g/mol. The maximum Gasteiger partial charge on any atom is 1.00 e. The van der Waals surface area contributed by atoms with Gasteiger partial charge in [-0.25, -0.2) is 0 Å². The van der Waals surface area contributed by atoms with Gasteiger partial charge in [0.05, 0.1) is 16.0 Å². The summed E-state index contributed by atoms with van der Waals surface area (Å²) in [5.74, 6) is -1.12. The zero-order chi connectivity index (χ0) is 24.9. The Balaban J connectivity index is 0.00000306. The van der Waals surface area contributed by atoms with Gasteiger partial charge in [0, 0.05) is 16.8 Å². The fraction of sp³-hybridized carbons (Fsp3) is 0. The van der Waals surface area contributed by atoms with E-state index in [9.17, 15) is 44.0 Å². The predicted molar refractivity (Wildman–Crippen MR) is 116 cm³/mol. The maximum atomic E-state index is 12.1. The number of hydrogen-bond acceptors (Lipinski definition) is 11. The number of anilines is 2. The summed E-state index contributed by atoms with van der Waals surface area (Å²) in [7, 11) is -16.1. The first kappa shape index (κ1) is 27.9. The first-order valence-corrected chi connectivity index (χ1v) is 12.7. The van der Waals surface area contributed by atoms with Crippen molar-refractivity contribution in [1.82, 2.24) is 0 Å². The molecule has 178 valence electrons. The van der Waals surface area contributed by atoms with Gasteiger partial charge < -0.3 is 18.0 Å². The quantitative estimate of drug-likeness (QED) is 0.0979. The molecule has 18 heteroatoms. The molecule has 0 saturated heterocycles. The molecule has 0 atom stereocenters. The smallest absolute Gasteiger partial charge is 1.00 e. The van der Waals surface area contributed by atoms with Crippen molar-refractivity contribution in [2.75, 3.05) is 11.5 Å². The molecule has 0 heterocycles. The Labute approximate surface area is 216 Å². The minimum atomic E-state index is -5.56. The van der Waals surface area contributed by atoms with E-state index in [4.69, 9.17) is 11.5 Å². The Morgan fingerprint density at radius 3 is 1.76 bits per heavy atom. The van der Waals surface area contributed by atoms with Gasteiger partial charge in [0.1, 0.15) is 9.79 Å². The fourth-order valence-corrected chi connectivity index (χ4v) is 5.59. The summed E-state index contributed by atoms with van der Waals surface area (Å²) in [4.78, 5) is -4.16. The van der Waals surface area contributed by atoms with E-state index in [1.807, 2.05) is 0 Å². The zero-order valence-corrected chi connectivity index (χ0v) is 21.4. The van der Waals surface area contributed by atoms with Crippen molar-refractivity contribution in [3.63, 3.8) is 0 Å². The van der Waals surface area contributed by atoms with Crippen LogP contribution in [0.5, 0.6) is 5.75 Å². The van der Waals surface area contributed by atoms with E-state index in [2.05, 4.69) is 10.2 Å². The fourth-order valence-electron chi connectivity index (χ4n) is 2.92. The molecule has 0 aromatic heterocycles. The Bertz CT molecular complexity index is 1660. The number of phenols is 1. The van der Waals surface area contributed by atoms with Crippen molar-refractivity contribution in [1.29, 1.82) is 0 Å². The second-order valence-corrected chi connectivity index (χ2v) is 10.6. The van der Waals surface area contributed by atoms with Crippen LogP contribution in [0.1, 0.15) is 1.43 Å². The van der Waals surface area contributed by atoms with Crippen LogP contribution in [0.4, 0.5) is 22.7 Å². The molecule has 0 saturated carbocycles. The summed E-state index contributed by atoms with van der Waals surface area (Å²) in [5.41, 5.74) is 9.88. The van der Waals surface area contributed by atoms with Crippen LogP contribution in [-0.2, 0) is 30.4 Å². The molecule has 3 rings (SSSR count). The minimum absolute atomic E-state index is 0. The number of rotatable bonds is 5. The number of azo groups is 1. The first-order valence-electron chi connectivity index (χ1n) is 8.33. The van der Waals surface area contributed by atoms with Crippen LogP contribution in [0.25, 0.3) is 10.8 Å². The van der Waals surface area contributed by atoms with Gasteiger partial charge in [-0.2, -0.15) is 30.4 Å². The van der Waals surface area contributed by atoms with E-state index in [0.717, 1.165) is 0 Å². The molecular weight excluding hydrogens is 527 g/mol. The molecule has 14 nitrogen and oxygen atoms in total. The molecule has 0 aliphatic rings. The van der Waals surface area contributed by atoms with Crippen molar-refractivity contribution >= 4 is 63.9 Å². The molecule has 0 aliphatic carbocycles. The van der Waals surface area contributed by atoms with Crippen LogP contribution in [-0.4, -0.2) is 44.0 Å². The van der Waals surface area contributed by atoms with E-state index in [1.54, 1.807) is 0 Å². The molecular formula is C16H15N4NaO10S3. The predicted octanol–water partition coefficient (Wildman–Crippen LogP) is -1.02. The summed E-state index contributed by atoms with van der Waals surface area (Å²) >= 11 is 0. The standard InChI is InChI=1S/C16H14N4O10S3.Na.H/c17-7-1-3-8(4-2-7)19-20-13-14(21)12-10(5-9(6-11(12)18)31(22,23)24)15(32(25,26)27)16(13)33(28,29)30;;/h1-6,21H,17-18H2,(H,22,23,24)(H,25,26,27)(H,28,29,30);;/q;+1;-1. The van der Waals surface area contributed by atoms with E-state index < -0.39 is 72.9 Å². The SMILES string of the molecule is Nc1ccc(N=Nc2c(S(=O)(=O)O)c(S(=O)(=O)O)c3cc(S(=O)(=O)O)cc(N)c3c2O)cc1.[H-].[Na+]. The monoisotopic (exact) mass is 542 g/mol. The molecule has 0 aliphatic heterocycles. The van der Waals surface area contributed by atoms with Gasteiger partial charge in [0.2, 0.25) is 0 Å². The average Bonchev–Trinajstić information content (AvgIpc) is 2.65. The number of aromatic hydroxyl groups is 1. The van der Waals surface area contributed by atoms with Gasteiger partial charge in [-0.05, 0) is 36.4 Å². The summed E-state index contributed by atoms with van der Waals surface area (Å²) in [6, 6.07) is 6.53. The van der Waals surface area contributed by atoms with Crippen molar-refractivity contribution in [2.45, 2.75) is 14.7 Å². The molecule has 34 heavy (non-hydrogen) atoms. The Morgan fingerprint density at radius 2 is 1.29 bits per heavy atom. The van der Waals surface area contributed by atoms with Crippen LogP contribution < -0.4 is 41.0 Å².